The van der Waals surface area contributed by atoms with E-state index in [1.807, 2.05) is 0 Å². The summed E-state index contributed by atoms with van der Waals surface area (Å²) in [6.45, 7) is 5.04. The van der Waals surface area contributed by atoms with Gasteiger partial charge in [0.1, 0.15) is 17.2 Å². The number of nitrogens with one attached hydrogen (secondary N) is 2. The Balaban J connectivity index is 2.42. The molecule has 1 saturated heterocycles. The van der Waals surface area contributed by atoms with Crippen LogP contribution >= 0.6 is 0 Å². The molecule has 0 bridgehead atoms. The molecule has 1 aliphatic rings. The van der Waals surface area contributed by atoms with E-state index in [4.69, 9.17) is 4.74 Å². The fourth-order valence-corrected chi connectivity index (χ4v) is 2.23. The molecule has 22 heavy (non-hydrogen) atoms. The molecule has 0 aromatic heterocycles. The van der Waals surface area contributed by atoms with Crippen molar-refractivity contribution in [2.24, 2.45) is 5.10 Å². The molecule has 0 atom stereocenters. The van der Waals surface area contributed by atoms with Crippen LogP contribution in [0.1, 0.15) is 18.1 Å². The molecule has 1 aromatic carbocycles. The lowest BCUT2D eigenvalue weighted by atomic mass is 9.86. The Kier molecular flexibility index (Phi) is 4.41. The van der Waals surface area contributed by atoms with Crippen molar-refractivity contribution in [1.29, 1.82) is 0 Å². The van der Waals surface area contributed by atoms with Crippen molar-refractivity contribution < 1.29 is 22.3 Å². The van der Waals surface area contributed by atoms with Crippen molar-refractivity contribution in [3.8, 4) is 0 Å². The standard InChI is InChI=1S/C14H15F4N3O/c1-3-11(21-19-2)20-13(7-22-8-13)9-5-4-6-10(12(9)15)14(16,17)18/h3-6,20-21H,2,7-8H2,1H3/b11-3-. The second-order valence-electron chi connectivity index (χ2n) is 4.84. The van der Waals surface area contributed by atoms with Crippen LogP contribution in [0.3, 0.4) is 0 Å². The highest BCUT2D eigenvalue weighted by Crippen LogP contribution is 2.38. The number of alkyl halides is 3. The smallest absolute Gasteiger partial charge is 0.376 e. The molecule has 1 aromatic rings. The molecule has 0 radical (unpaired) electrons. The van der Waals surface area contributed by atoms with Gasteiger partial charge >= 0.3 is 6.18 Å². The molecule has 1 aliphatic heterocycles. The van der Waals surface area contributed by atoms with E-state index in [2.05, 4.69) is 22.6 Å². The van der Waals surface area contributed by atoms with Gasteiger partial charge in [-0.1, -0.05) is 12.1 Å². The number of halogens is 4. The number of hydrogen-bond acceptors (Lipinski definition) is 4. The number of hydrogen-bond donors (Lipinski definition) is 2. The minimum Gasteiger partial charge on any atom is -0.376 e. The number of ether oxygens (including phenoxy) is 1. The first kappa shape index (κ1) is 16.3. The minimum atomic E-state index is -4.75. The Labute approximate surface area is 124 Å². The first-order valence-corrected chi connectivity index (χ1v) is 6.44. The van der Waals surface area contributed by atoms with Gasteiger partial charge in [-0.05, 0) is 19.1 Å². The summed E-state index contributed by atoms with van der Waals surface area (Å²) in [6.07, 6.45) is -3.14. The molecule has 2 N–H and O–H groups in total. The molecule has 2 rings (SSSR count). The Hall–Kier alpha value is -2.09. The van der Waals surface area contributed by atoms with Crippen molar-refractivity contribution in [1.82, 2.24) is 10.7 Å². The van der Waals surface area contributed by atoms with Gasteiger partial charge in [0.25, 0.3) is 0 Å². The first-order chi connectivity index (χ1) is 10.3. The van der Waals surface area contributed by atoms with Gasteiger partial charge in [-0.3, -0.25) is 5.43 Å². The third kappa shape index (κ3) is 2.92. The lowest BCUT2D eigenvalue weighted by molar-refractivity contribution is -0.140. The predicted octanol–water partition coefficient (Wildman–Crippen LogP) is 2.73. The highest BCUT2D eigenvalue weighted by Gasteiger charge is 2.45. The third-order valence-electron chi connectivity index (χ3n) is 3.38. The van der Waals surface area contributed by atoms with E-state index in [0.29, 0.717) is 11.9 Å². The van der Waals surface area contributed by atoms with E-state index in [1.165, 1.54) is 12.1 Å². The Morgan fingerprint density at radius 3 is 2.55 bits per heavy atom. The molecule has 1 fully saturated rings. The van der Waals surface area contributed by atoms with Crippen LogP contribution < -0.4 is 10.7 Å². The van der Waals surface area contributed by atoms with Gasteiger partial charge in [0.15, 0.2) is 0 Å². The second kappa shape index (κ2) is 5.96. The molecule has 0 unspecified atom stereocenters. The summed E-state index contributed by atoms with van der Waals surface area (Å²) >= 11 is 0. The van der Waals surface area contributed by atoms with Crippen LogP contribution in [0.15, 0.2) is 35.2 Å². The minimum absolute atomic E-state index is 0.0430. The van der Waals surface area contributed by atoms with E-state index >= 15 is 0 Å². The van der Waals surface area contributed by atoms with Crippen molar-refractivity contribution in [3.05, 3.63) is 47.0 Å². The number of hydrazone groups is 1. The quantitative estimate of drug-likeness (QED) is 0.499. The maximum absolute atomic E-state index is 14.3. The lowest BCUT2D eigenvalue weighted by Crippen LogP contribution is -2.58. The van der Waals surface area contributed by atoms with Gasteiger partial charge in [0, 0.05) is 12.3 Å². The summed E-state index contributed by atoms with van der Waals surface area (Å²) in [5, 5.41) is 6.41. The van der Waals surface area contributed by atoms with Crippen LogP contribution in [-0.2, 0) is 16.5 Å². The predicted molar refractivity (Wildman–Crippen MR) is 73.5 cm³/mol. The molecule has 0 amide bonds. The Morgan fingerprint density at radius 1 is 1.41 bits per heavy atom. The van der Waals surface area contributed by atoms with Crippen LogP contribution in [0, 0.1) is 5.82 Å². The average Bonchev–Trinajstić information content (AvgIpc) is 2.41. The van der Waals surface area contributed by atoms with Crippen LogP contribution in [0.4, 0.5) is 17.6 Å². The van der Waals surface area contributed by atoms with Crippen LogP contribution in [0.2, 0.25) is 0 Å². The highest BCUT2D eigenvalue weighted by atomic mass is 19.4. The van der Waals surface area contributed by atoms with Gasteiger partial charge in [-0.15, -0.1) is 0 Å². The molecule has 8 heteroatoms. The van der Waals surface area contributed by atoms with E-state index in [1.54, 1.807) is 13.0 Å². The van der Waals surface area contributed by atoms with Crippen LogP contribution in [0.25, 0.3) is 0 Å². The second-order valence-corrected chi connectivity index (χ2v) is 4.84. The summed E-state index contributed by atoms with van der Waals surface area (Å²) in [4.78, 5) is 0. The summed E-state index contributed by atoms with van der Waals surface area (Å²) in [6, 6.07) is 3.21. The van der Waals surface area contributed by atoms with Crippen LogP contribution in [0.5, 0.6) is 0 Å². The number of rotatable bonds is 5. The molecular formula is C14H15F4N3O. The van der Waals surface area contributed by atoms with E-state index in [0.717, 1.165) is 0 Å². The van der Waals surface area contributed by atoms with Gasteiger partial charge < -0.3 is 10.1 Å². The summed E-state index contributed by atoms with van der Waals surface area (Å²) < 4.78 is 58.0. The van der Waals surface area contributed by atoms with Gasteiger partial charge in [0.2, 0.25) is 0 Å². The largest absolute Gasteiger partial charge is 0.419 e. The van der Waals surface area contributed by atoms with E-state index in [-0.39, 0.29) is 18.8 Å². The number of benzene rings is 1. The summed E-state index contributed by atoms with van der Waals surface area (Å²) in [5.74, 6) is -0.900. The molecule has 0 aliphatic carbocycles. The molecule has 4 nitrogen and oxygen atoms in total. The maximum atomic E-state index is 14.3. The molecular weight excluding hydrogens is 302 g/mol. The van der Waals surface area contributed by atoms with E-state index in [9.17, 15) is 17.6 Å². The molecule has 1 heterocycles. The lowest BCUT2D eigenvalue weighted by Gasteiger charge is -2.43. The zero-order chi connectivity index (χ0) is 16.4. The molecule has 120 valence electrons. The van der Waals surface area contributed by atoms with Crippen molar-refractivity contribution in [2.75, 3.05) is 13.2 Å². The topological polar surface area (TPSA) is 45.7 Å². The van der Waals surface area contributed by atoms with Gasteiger partial charge in [-0.25, -0.2) is 4.39 Å². The molecule has 0 saturated carbocycles. The fourth-order valence-electron chi connectivity index (χ4n) is 2.23. The summed E-state index contributed by atoms with van der Waals surface area (Å²) in [7, 11) is 0. The van der Waals surface area contributed by atoms with E-state index < -0.39 is 23.1 Å². The maximum Gasteiger partial charge on any atom is 0.419 e. The number of allylic oxidation sites excluding steroid dienone is 1. The monoisotopic (exact) mass is 317 g/mol. The highest BCUT2D eigenvalue weighted by molar-refractivity contribution is 5.36. The molecule has 0 spiro atoms. The first-order valence-electron chi connectivity index (χ1n) is 6.44. The van der Waals surface area contributed by atoms with Crippen molar-refractivity contribution in [3.63, 3.8) is 0 Å². The SMILES string of the molecule is C=NN/C(=C\C)NC1(c2cccc(C(F)(F)F)c2F)COC1. The third-order valence-corrected chi connectivity index (χ3v) is 3.38. The van der Waals surface area contributed by atoms with Gasteiger partial charge in [-0.2, -0.15) is 18.3 Å². The average molecular weight is 317 g/mol. The normalized spacial score (nSPS) is 17.6. The van der Waals surface area contributed by atoms with Crippen molar-refractivity contribution in [2.45, 2.75) is 18.6 Å². The van der Waals surface area contributed by atoms with Crippen LogP contribution in [-0.4, -0.2) is 19.9 Å². The summed E-state index contributed by atoms with van der Waals surface area (Å²) in [5.41, 5.74) is 0.0807. The number of nitrogens with zero attached hydrogens (tertiary/aromatic N) is 1. The van der Waals surface area contributed by atoms with Crippen molar-refractivity contribution >= 4 is 6.72 Å². The fraction of sp³-hybridized carbons (Fsp3) is 0.357. The Bertz CT molecular complexity index is 594. The van der Waals surface area contributed by atoms with Gasteiger partial charge in [0.05, 0.1) is 18.8 Å². The zero-order valence-electron chi connectivity index (χ0n) is 11.8. The zero-order valence-corrected chi connectivity index (χ0v) is 11.8. The Morgan fingerprint density at radius 2 is 2.09 bits per heavy atom.